The average Bonchev–Trinajstić information content (AvgIpc) is 2.91. The van der Waals surface area contributed by atoms with Gasteiger partial charge in [-0.1, -0.05) is 105 Å². The van der Waals surface area contributed by atoms with Crippen LogP contribution in [0.1, 0.15) is 17.0 Å². The summed E-state index contributed by atoms with van der Waals surface area (Å²) >= 11 is 6.68. The van der Waals surface area contributed by atoms with Gasteiger partial charge in [0.05, 0.1) is 15.7 Å². The fourth-order valence-electron chi connectivity index (χ4n) is 3.88. The van der Waals surface area contributed by atoms with Gasteiger partial charge in [0.15, 0.2) is 0 Å². The molecule has 37 heavy (non-hydrogen) atoms. The largest absolute Gasteiger partial charge is 0.327 e. The Kier molecular flexibility index (Phi) is 8.18. The minimum Gasteiger partial charge on any atom is -0.219 e. The summed E-state index contributed by atoms with van der Waals surface area (Å²) in [6, 6.07) is 26.9. The molecule has 190 valence electrons. The maximum Gasteiger partial charge on any atom is 0.327 e. The molecule has 0 spiro atoms. The van der Waals surface area contributed by atoms with Gasteiger partial charge in [-0.05, 0) is 59.7 Å². The number of hydrogen-bond donors (Lipinski definition) is 0. The molecular weight excluding hydrogens is 643 g/mol. The number of allylic oxidation sites excluding steroid dienone is 1. The Morgan fingerprint density at radius 1 is 0.622 bits per heavy atom. The zero-order valence-electron chi connectivity index (χ0n) is 19.2. The van der Waals surface area contributed by atoms with Gasteiger partial charge in [-0.3, -0.25) is 0 Å². The monoisotopic (exact) mass is 662 g/mol. The van der Waals surface area contributed by atoms with Crippen molar-refractivity contribution < 1.29 is 21.2 Å². The van der Waals surface area contributed by atoms with Crippen molar-refractivity contribution in [2.24, 2.45) is 0 Å². The van der Waals surface area contributed by atoms with Gasteiger partial charge in [0.25, 0.3) is 0 Å². The third-order valence-corrected chi connectivity index (χ3v) is 11.9. The van der Waals surface area contributed by atoms with Crippen LogP contribution in [-0.2, 0) is 19.7 Å². The SMILES string of the molecule is O=S(=O)(c1ccccc1)C(F)([C@H](/C=C/c1ccc(Br)cc1)c1ccc(Br)cc1)S(=O)(=O)c1ccccc1. The minimum atomic E-state index is -5.10. The van der Waals surface area contributed by atoms with Gasteiger partial charge in [-0.25, -0.2) is 21.2 Å². The van der Waals surface area contributed by atoms with Crippen LogP contribution in [0.2, 0.25) is 0 Å². The van der Waals surface area contributed by atoms with Crippen molar-refractivity contribution >= 4 is 57.6 Å². The maximum absolute atomic E-state index is 17.7. The molecule has 4 aromatic carbocycles. The molecular formula is C28H21Br2FO4S2. The van der Waals surface area contributed by atoms with Crippen molar-refractivity contribution in [1.82, 2.24) is 0 Å². The molecule has 0 radical (unpaired) electrons. The number of alkyl halides is 1. The van der Waals surface area contributed by atoms with Gasteiger partial charge in [-0.2, -0.15) is 0 Å². The molecule has 0 fully saturated rings. The highest BCUT2D eigenvalue weighted by molar-refractivity contribution is 9.10. The molecule has 9 heteroatoms. The number of benzene rings is 4. The summed E-state index contributed by atoms with van der Waals surface area (Å²) in [5.41, 5.74) is 0.819. The van der Waals surface area contributed by atoms with Crippen molar-refractivity contribution in [3.63, 3.8) is 0 Å². The summed E-state index contributed by atoms with van der Waals surface area (Å²) in [6.45, 7) is 0. The molecule has 1 atom stereocenters. The summed E-state index contributed by atoms with van der Waals surface area (Å²) in [7, 11) is -10.2. The fourth-order valence-corrected chi connectivity index (χ4v) is 8.91. The second kappa shape index (κ2) is 11.0. The Labute approximate surface area is 233 Å². The summed E-state index contributed by atoms with van der Waals surface area (Å²) in [5, 5.41) is 0. The molecule has 4 nitrogen and oxygen atoms in total. The van der Waals surface area contributed by atoms with Crippen molar-refractivity contribution in [2.75, 3.05) is 0 Å². The van der Waals surface area contributed by atoms with E-state index in [0.29, 0.717) is 10.0 Å². The second-order valence-corrected chi connectivity index (χ2v) is 14.4. The molecule has 0 aromatic heterocycles. The first kappa shape index (κ1) is 27.4. The Balaban J connectivity index is 2.03. The first-order valence-electron chi connectivity index (χ1n) is 11.0. The van der Waals surface area contributed by atoms with Crippen LogP contribution in [-0.4, -0.2) is 21.2 Å². The van der Waals surface area contributed by atoms with Crippen LogP contribution < -0.4 is 0 Å². The standard InChI is InChI=1S/C28H21Br2FO4S2/c29-23-16-11-21(12-17-23)13-20-27(22-14-18-24(30)19-15-22)28(31,36(32,33)25-7-3-1-4-8-25)37(34,35)26-9-5-2-6-10-26/h1-20,27H/b20-13+/t27-/m1/s1. The van der Waals surface area contributed by atoms with Gasteiger partial charge in [-0.15, -0.1) is 0 Å². The summed E-state index contributed by atoms with van der Waals surface area (Å²) in [6.07, 6.45) is 2.82. The molecule has 0 aliphatic heterocycles. The van der Waals surface area contributed by atoms with Gasteiger partial charge < -0.3 is 0 Å². The average molecular weight is 664 g/mol. The van der Waals surface area contributed by atoms with Crippen LogP contribution in [0.4, 0.5) is 4.39 Å². The minimum absolute atomic E-state index is 0.179. The first-order valence-corrected chi connectivity index (χ1v) is 15.6. The van der Waals surface area contributed by atoms with E-state index in [9.17, 15) is 16.8 Å². The van der Waals surface area contributed by atoms with Crippen LogP contribution >= 0.6 is 31.9 Å². The first-order chi connectivity index (χ1) is 17.6. The molecule has 0 aliphatic carbocycles. The van der Waals surface area contributed by atoms with E-state index in [-0.39, 0.29) is 5.56 Å². The molecule has 0 unspecified atom stereocenters. The fraction of sp³-hybridized carbons (Fsp3) is 0.0714. The Morgan fingerprint density at radius 2 is 1.03 bits per heavy atom. The predicted octanol–water partition coefficient (Wildman–Crippen LogP) is 7.58. The lowest BCUT2D eigenvalue weighted by Crippen LogP contribution is -2.47. The Hall–Kier alpha value is -2.59. The highest BCUT2D eigenvalue weighted by Crippen LogP contribution is 2.48. The molecule has 0 amide bonds. The molecule has 4 rings (SSSR count). The van der Waals surface area contributed by atoms with E-state index < -0.39 is 39.7 Å². The van der Waals surface area contributed by atoms with E-state index in [1.54, 1.807) is 48.5 Å². The molecule has 0 aliphatic rings. The highest BCUT2D eigenvalue weighted by atomic mass is 79.9. The van der Waals surface area contributed by atoms with Crippen LogP contribution in [0, 0.1) is 0 Å². The van der Waals surface area contributed by atoms with E-state index >= 15 is 4.39 Å². The van der Waals surface area contributed by atoms with Gasteiger partial charge in [0, 0.05) is 8.95 Å². The normalized spacial score (nSPS) is 13.5. The van der Waals surface area contributed by atoms with Crippen LogP contribution in [0.5, 0.6) is 0 Å². The van der Waals surface area contributed by atoms with Crippen molar-refractivity contribution in [3.8, 4) is 0 Å². The highest BCUT2D eigenvalue weighted by Gasteiger charge is 2.62. The van der Waals surface area contributed by atoms with E-state index in [1.807, 2.05) is 0 Å². The molecule has 4 aromatic rings. The van der Waals surface area contributed by atoms with Crippen molar-refractivity contribution in [2.45, 2.75) is 20.0 Å². The van der Waals surface area contributed by atoms with Gasteiger partial charge in [0.1, 0.15) is 0 Å². The van der Waals surface area contributed by atoms with Gasteiger partial charge in [0.2, 0.25) is 19.7 Å². The zero-order chi connectivity index (χ0) is 26.7. The van der Waals surface area contributed by atoms with Crippen LogP contribution in [0.25, 0.3) is 6.08 Å². The Morgan fingerprint density at radius 3 is 1.46 bits per heavy atom. The molecule has 0 heterocycles. The molecule has 0 N–H and O–H groups in total. The lowest BCUT2D eigenvalue weighted by molar-refractivity contribution is 0.331. The quantitative estimate of drug-likeness (QED) is 0.195. The lowest BCUT2D eigenvalue weighted by Gasteiger charge is -2.32. The third kappa shape index (κ3) is 5.36. The van der Waals surface area contributed by atoms with Crippen molar-refractivity contribution in [1.29, 1.82) is 0 Å². The Bertz CT molecular complexity index is 1540. The number of sulfone groups is 2. The number of rotatable bonds is 8. The molecule has 0 bridgehead atoms. The zero-order valence-corrected chi connectivity index (χ0v) is 24.0. The molecule has 0 saturated heterocycles. The lowest BCUT2D eigenvalue weighted by atomic mass is 9.98. The number of hydrogen-bond acceptors (Lipinski definition) is 4. The smallest absolute Gasteiger partial charge is 0.219 e. The van der Waals surface area contributed by atoms with E-state index in [0.717, 1.165) is 4.47 Å². The third-order valence-electron chi connectivity index (χ3n) is 5.79. The number of halogens is 3. The van der Waals surface area contributed by atoms with Gasteiger partial charge >= 0.3 is 4.33 Å². The van der Waals surface area contributed by atoms with Crippen LogP contribution in [0.15, 0.2) is 134 Å². The van der Waals surface area contributed by atoms with E-state index in [1.165, 1.54) is 72.8 Å². The predicted molar refractivity (Wildman–Crippen MR) is 151 cm³/mol. The summed E-state index contributed by atoms with van der Waals surface area (Å²) < 4.78 is 71.4. The second-order valence-electron chi connectivity index (χ2n) is 8.16. The topological polar surface area (TPSA) is 68.3 Å². The van der Waals surface area contributed by atoms with Crippen molar-refractivity contribution in [3.05, 3.63) is 135 Å². The summed E-state index contributed by atoms with van der Waals surface area (Å²) in [4.78, 5) is -0.868. The summed E-state index contributed by atoms with van der Waals surface area (Å²) in [5.74, 6) is -1.71. The van der Waals surface area contributed by atoms with E-state index in [2.05, 4.69) is 31.9 Å². The van der Waals surface area contributed by atoms with E-state index in [4.69, 9.17) is 0 Å². The maximum atomic E-state index is 17.7. The van der Waals surface area contributed by atoms with Crippen LogP contribution in [0.3, 0.4) is 0 Å². The molecule has 0 saturated carbocycles.